The van der Waals surface area contributed by atoms with Crippen molar-refractivity contribution in [3.05, 3.63) is 45.7 Å². The molecule has 0 aliphatic heterocycles. The largest absolute Gasteiger partial charge is 0.493 e. The number of hydrogen-bond donors (Lipinski definition) is 2. The lowest BCUT2D eigenvalue weighted by Gasteiger charge is -2.20. The molecule has 0 saturated carbocycles. The molecule has 0 radical (unpaired) electrons. The summed E-state index contributed by atoms with van der Waals surface area (Å²) in [4.78, 5) is 25.2. The van der Waals surface area contributed by atoms with Crippen molar-refractivity contribution in [3.63, 3.8) is 0 Å². The number of hydrogen-bond acceptors (Lipinski definition) is 10. The molecule has 0 amide bonds. The third-order valence-electron chi connectivity index (χ3n) is 7.60. The van der Waals surface area contributed by atoms with Crippen LogP contribution in [0.25, 0.3) is 0 Å². The Hall–Kier alpha value is -3.60. The Balaban J connectivity index is 2.06. The number of unbranched alkanes of at least 4 members (excludes halogenated alkanes) is 1. The van der Waals surface area contributed by atoms with Gasteiger partial charge in [-0.25, -0.2) is 13.1 Å². The highest BCUT2D eigenvalue weighted by Crippen LogP contribution is 2.29. The summed E-state index contributed by atoms with van der Waals surface area (Å²) < 4.78 is 39.5. The quantitative estimate of drug-likeness (QED) is 0.121. The SMILES string of the molecule is CCCCC(CC)Cn1c(O)c(C#N)c(C)c(N=Nc2ccc(S(=O)(=O)NCCOCCOC(=O)C(C)(C)CC)cc2)c1=O. The highest BCUT2D eigenvalue weighted by molar-refractivity contribution is 7.89. The van der Waals surface area contributed by atoms with Gasteiger partial charge in [-0.05, 0) is 63.8 Å². The molecule has 0 aliphatic carbocycles. The number of sulfonamides is 1. The first-order chi connectivity index (χ1) is 20.8. The Kier molecular flexibility index (Phi) is 14.2. The molecular formula is C31H45N5O7S. The van der Waals surface area contributed by atoms with Gasteiger partial charge in [-0.3, -0.25) is 14.2 Å². The Morgan fingerprint density at radius 2 is 1.82 bits per heavy atom. The molecule has 2 rings (SSSR count). The molecule has 1 unspecified atom stereocenters. The van der Waals surface area contributed by atoms with E-state index in [1.807, 2.05) is 19.9 Å². The molecule has 1 aromatic heterocycles. The minimum Gasteiger partial charge on any atom is -0.493 e. The second-order valence-electron chi connectivity index (χ2n) is 11.2. The molecule has 2 N–H and O–H groups in total. The maximum absolute atomic E-state index is 13.3. The Labute approximate surface area is 260 Å². The molecule has 13 heteroatoms. The first-order valence-electron chi connectivity index (χ1n) is 15.0. The minimum absolute atomic E-state index is 0.000185. The fourth-order valence-electron chi connectivity index (χ4n) is 4.17. The van der Waals surface area contributed by atoms with Crippen molar-refractivity contribution >= 4 is 27.4 Å². The van der Waals surface area contributed by atoms with Gasteiger partial charge in [0.05, 0.1) is 29.2 Å². The topological polar surface area (TPSA) is 172 Å². The van der Waals surface area contributed by atoms with E-state index in [0.29, 0.717) is 12.1 Å². The number of nitriles is 1. The van der Waals surface area contributed by atoms with E-state index in [4.69, 9.17) is 9.47 Å². The summed E-state index contributed by atoms with van der Waals surface area (Å²) in [6, 6.07) is 7.55. The van der Waals surface area contributed by atoms with E-state index in [-0.39, 0.29) is 72.4 Å². The predicted molar refractivity (Wildman–Crippen MR) is 167 cm³/mol. The summed E-state index contributed by atoms with van der Waals surface area (Å²) in [6.07, 6.45) is 4.35. The van der Waals surface area contributed by atoms with Gasteiger partial charge in [0, 0.05) is 18.7 Å². The van der Waals surface area contributed by atoms with Crippen LogP contribution in [-0.2, 0) is 30.8 Å². The van der Waals surface area contributed by atoms with E-state index in [9.17, 15) is 28.4 Å². The van der Waals surface area contributed by atoms with Crippen molar-refractivity contribution in [2.24, 2.45) is 21.6 Å². The predicted octanol–water partition coefficient (Wildman–Crippen LogP) is 5.64. The average molecular weight is 632 g/mol. The highest BCUT2D eigenvalue weighted by atomic mass is 32.2. The van der Waals surface area contributed by atoms with Gasteiger partial charge in [-0.15, -0.1) is 5.11 Å². The molecule has 1 atom stereocenters. The van der Waals surface area contributed by atoms with Crippen molar-refractivity contribution < 1.29 is 27.8 Å². The van der Waals surface area contributed by atoms with E-state index in [0.717, 1.165) is 25.7 Å². The number of pyridine rings is 1. The molecular weight excluding hydrogens is 586 g/mol. The molecule has 0 fully saturated rings. The second-order valence-corrected chi connectivity index (χ2v) is 13.0. The Morgan fingerprint density at radius 1 is 1.14 bits per heavy atom. The van der Waals surface area contributed by atoms with Gasteiger partial charge in [0.25, 0.3) is 5.56 Å². The van der Waals surface area contributed by atoms with Crippen molar-refractivity contribution in [2.75, 3.05) is 26.4 Å². The van der Waals surface area contributed by atoms with E-state index in [2.05, 4.69) is 21.9 Å². The highest BCUT2D eigenvalue weighted by Gasteiger charge is 2.27. The van der Waals surface area contributed by atoms with E-state index < -0.39 is 21.0 Å². The number of nitrogens with one attached hydrogen (secondary N) is 1. The van der Waals surface area contributed by atoms with Crippen molar-refractivity contribution in [1.82, 2.24) is 9.29 Å². The lowest BCUT2D eigenvalue weighted by Crippen LogP contribution is -2.29. The lowest BCUT2D eigenvalue weighted by molar-refractivity contribution is -0.155. The molecule has 44 heavy (non-hydrogen) atoms. The van der Waals surface area contributed by atoms with Gasteiger partial charge in [0.1, 0.15) is 18.2 Å². The molecule has 0 saturated heterocycles. The number of ether oxygens (including phenoxy) is 2. The van der Waals surface area contributed by atoms with Crippen molar-refractivity contribution in [2.45, 2.75) is 85.1 Å². The maximum atomic E-state index is 13.3. The van der Waals surface area contributed by atoms with Gasteiger partial charge in [-0.2, -0.15) is 10.4 Å². The molecule has 1 heterocycles. The van der Waals surface area contributed by atoms with E-state index in [1.165, 1.54) is 35.8 Å². The summed E-state index contributed by atoms with van der Waals surface area (Å²) in [5, 5.41) is 28.5. The van der Waals surface area contributed by atoms with Crippen LogP contribution in [-0.4, -0.2) is 50.4 Å². The number of aromatic hydroxyl groups is 1. The number of nitrogens with zero attached hydrogens (tertiary/aromatic N) is 4. The summed E-state index contributed by atoms with van der Waals surface area (Å²) in [7, 11) is -3.83. The maximum Gasteiger partial charge on any atom is 0.311 e. The molecule has 2 aromatic rings. The van der Waals surface area contributed by atoms with Crippen LogP contribution in [0.15, 0.2) is 44.2 Å². The zero-order valence-corrected chi connectivity index (χ0v) is 27.4. The summed E-state index contributed by atoms with van der Waals surface area (Å²) >= 11 is 0. The van der Waals surface area contributed by atoms with Crippen LogP contribution in [0.3, 0.4) is 0 Å². The first-order valence-corrected chi connectivity index (χ1v) is 16.4. The number of carbonyl (C=O) groups excluding carboxylic acids is 1. The number of azo groups is 1. The van der Waals surface area contributed by atoms with Crippen molar-refractivity contribution in [1.29, 1.82) is 5.26 Å². The monoisotopic (exact) mass is 631 g/mol. The smallest absolute Gasteiger partial charge is 0.311 e. The Bertz CT molecular complexity index is 1490. The minimum atomic E-state index is -3.83. The Morgan fingerprint density at radius 3 is 2.41 bits per heavy atom. The van der Waals surface area contributed by atoms with Gasteiger partial charge in [-0.1, -0.05) is 40.0 Å². The van der Waals surface area contributed by atoms with Crippen molar-refractivity contribution in [3.8, 4) is 11.9 Å². The zero-order chi connectivity index (χ0) is 32.9. The van der Waals surface area contributed by atoms with Gasteiger partial charge in [0.2, 0.25) is 15.9 Å². The van der Waals surface area contributed by atoms with E-state index in [1.54, 1.807) is 13.8 Å². The standard InChI is InChI=1S/C31H45N5O7S/c1-7-10-11-23(8-2)21-36-28(37)26(20-32)22(4)27(29(36)38)35-34-24-12-14-25(15-13-24)44(40,41)33-16-17-42-18-19-43-30(39)31(5,6)9-3/h12-15,23,33,37H,7-11,16-19,21H2,1-6H3. The molecule has 0 bridgehead atoms. The third-order valence-corrected chi connectivity index (χ3v) is 9.08. The van der Waals surface area contributed by atoms with Crippen LogP contribution in [0.5, 0.6) is 5.88 Å². The number of aromatic nitrogens is 1. The van der Waals surface area contributed by atoms with Crippen LogP contribution < -0.4 is 10.3 Å². The van der Waals surface area contributed by atoms with Gasteiger partial charge >= 0.3 is 5.97 Å². The summed E-state index contributed by atoms with van der Waals surface area (Å²) in [5.74, 6) is -0.539. The molecule has 0 aliphatic rings. The van der Waals surface area contributed by atoms with Crippen LogP contribution >= 0.6 is 0 Å². The number of rotatable bonds is 18. The van der Waals surface area contributed by atoms with E-state index >= 15 is 0 Å². The zero-order valence-electron chi connectivity index (χ0n) is 26.6. The number of esters is 1. The summed E-state index contributed by atoms with van der Waals surface area (Å²) in [6.45, 7) is 11.7. The summed E-state index contributed by atoms with van der Waals surface area (Å²) in [5.41, 5.74) is -0.712. The fraction of sp³-hybridized carbons (Fsp3) is 0.581. The first kappa shape index (κ1) is 36.6. The molecule has 1 aromatic carbocycles. The molecule has 0 spiro atoms. The van der Waals surface area contributed by atoms with Gasteiger partial charge < -0.3 is 14.6 Å². The van der Waals surface area contributed by atoms with Crippen LogP contribution in [0.2, 0.25) is 0 Å². The van der Waals surface area contributed by atoms with Crippen LogP contribution in [0, 0.1) is 29.6 Å². The molecule has 12 nitrogen and oxygen atoms in total. The van der Waals surface area contributed by atoms with Gasteiger partial charge in [0.15, 0.2) is 5.69 Å². The number of carbonyl (C=O) groups is 1. The van der Waals surface area contributed by atoms with Crippen LogP contribution in [0.4, 0.5) is 11.4 Å². The lowest BCUT2D eigenvalue weighted by atomic mass is 9.91. The average Bonchev–Trinajstić information content (AvgIpc) is 3.00. The second kappa shape index (κ2) is 17.0. The fourth-order valence-corrected chi connectivity index (χ4v) is 5.18. The third kappa shape index (κ3) is 9.97. The van der Waals surface area contributed by atoms with Crippen LogP contribution in [0.1, 0.15) is 77.8 Å². The number of benzene rings is 1. The normalized spacial score (nSPS) is 12.8. The molecule has 242 valence electrons.